The van der Waals surface area contributed by atoms with Crippen molar-refractivity contribution in [2.24, 2.45) is 0 Å². The van der Waals surface area contributed by atoms with E-state index < -0.39 is 0 Å². The largest absolute Gasteiger partial charge is 0.376 e. The lowest BCUT2D eigenvalue weighted by molar-refractivity contribution is -0.119. The molecule has 3 nitrogen and oxygen atoms in total. The van der Waals surface area contributed by atoms with E-state index in [1.807, 2.05) is 30.3 Å². The van der Waals surface area contributed by atoms with Gasteiger partial charge in [0.1, 0.15) is 0 Å². The van der Waals surface area contributed by atoms with Crippen LogP contribution >= 0.6 is 0 Å². The summed E-state index contributed by atoms with van der Waals surface area (Å²) >= 11 is 0. The minimum Gasteiger partial charge on any atom is -0.376 e. The number of hydrogen-bond donors (Lipinski definition) is 2. The topological polar surface area (TPSA) is 41.1 Å². The Hall–Kier alpha value is -2.29. The second kappa shape index (κ2) is 7.12. The van der Waals surface area contributed by atoms with Crippen molar-refractivity contribution < 1.29 is 4.79 Å². The highest BCUT2D eigenvalue weighted by Gasteiger charge is 2.13. The van der Waals surface area contributed by atoms with Gasteiger partial charge in [-0.05, 0) is 48.4 Å². The van der Waals surface area contributed by atoms with Gasteiger partial charge in [-0.2, -0.15) is 0 Å². The summed E-state index contributed by atoms with van der Waals surface area (Å²) in [5, 5.41) is 6.24. The van der Waals surface area contributed by atoms with Gasteiger partial charge in [0.15, 0.2) is 0 Å². The number of benzene rings is 2. The van der Waals surface area contributed by atoms with Gasteiger partial charge >= 0.3 is 0 Å². The lowest BCUT2D eigenvalue weighted by Gasteiger charge is -2.20. The number of hydrogen-bond acceptors (Lipinski definition) is 2. The van der Waals surface area contributed by atoms with Crippen molar-refractivity contribution in [3.63, 3.8) is 0 Å². The fourth-order valence-electron chi connectivity index (χ4n) is 2.98. The zero-order valence-electron chi connectivity index (χ0n) is 12.8. The summed E-state index contributed by atoms with van der Waals surface area (Å²) < 4.78 is 0. The van der Waals surface area contributed by atoms with Crippen LogP contribution in [-0.4, -0.2) is 12.5 Å². The minimum atomic E-state index is 0.0252. The number of aryl methyl sites for hydroxylation is 1. The SMILES string of the molecule is O=C(CNc1cccc2c1CCCC2)NCc1ccccc1. The van der Waals surface area contributed by atoms with Crippen LogP contribution in [0, 0.1) is 0 Å². The number of amides is 1. The van der Waals surface area contributed by atoms with Gasteiger partial charge in [0, 0.05) is 12.2 Å². The van der Waals surface area contributed by atoms with Crippen LogP contribution in [0.15, 0.2) is 48.5 Å². The van der Waals surface area contributed by atoms with E-state index in [0.717, 1.165) is 24.1 Å². The minimum absolute atomic E-state index is 0.0252. The predicted molar refractivity (Wildman–Crippen MR) is 89.9 cm³/mol. The maximum Gasteiger partial charge on any atom is 0.239 e. The molecule has 0 bridgehead atoms. The Balaban J connectivity index is 1.53. The molecule has 1 aliphatic carbocycles. The first-order valence-corrected chi connectivity index (χ1v) is 7.98. The summed E-state index contributed by atoms with van der Waals surface area (Å²) in [6, 6.07) is 16.3. The summed E-state index contributed by atoms with van der Waals surface area (Å²) in [5.41, 5.74) is 5.06. The highest BCUT2D eigenvalue weighted by atomic mass is 16.1. The first kappa shape index (κ1) is 14.6. The molecule has 2 N–H and O–H groups in total. The van der Waals surface area contributed by atoms with Gasteiger partial charge in [0.25, 0.3) is 0 Å². The molecule has 0 radical (unpaired) electrons. The third kappa shape index (κ3) is 3.67. The Labute approximate surface area is 131 Å². The number of rotatable bonds is 5. The van der Waals surface area contributed by atoms with E-state index in [2.05, 4.69) is 28.8 Å². The van der Waals surface area contributed by atoms with Crippen molar-refractivity contribution in [1.82, 2.24) is 5.32 Å². The lowest BCUT2D eigenvalue weighted by Crippen LogP contribution is -2.29. The van der Waals surface area contributed by atoms with E-state index in [-0.39, 0.29) is 5.91 Å². The number of carbonyl (C=O) groups excluding carboxylic acids is 1. The second-order valence-electron chi connectivity index (χ2n) is 5.77. The highest BCUT2D eigenvalue weighted by Crippen LogP contribution is 2.27. The molecule has 0 aliphatic heterocycles. The normalized spacial score (nSPS) is 13.3. The molecule has 2 aromatic rings. The monoisotopic (exact) mass is 294 g/mol. The number of fused-ring (bicyclic) bond motifs is 1. The molecule has 114 valence electrons. The van der Waals surface area contributed by atoms with E-state index in [9.17, 15) is 4.79 Å². The van der Waals surface area contributed by atoms with Crippen molar-refractivity contribution in [3.05, 3.63) is 65.2 Å². The zero-order valence-corrected chi connectivity index (χ0v) is 12.8. The molecule has 1 amide bonds. The Morgan fingerprint density at radius 3 is 2.64 bits per heavy atom. The summed E-state index contributed by atoms with van der Waals surface area (Å²) in [5.74, 6) is 0.0252. The molecular weight excluding hydrogens is 272 g/mol. The van der Waals surface area contributed by atoms with Crippen LogP contribution in [0.4, 0.5) is 5.69 Å². The average Bonchev–Trinajstić information content (AvgIpc) is 2.59. The van der Waals surface area contributed by atoms with Gasteiger partial charge in [-0.15, -0.1) is 0 Å². The van der Waals surface area contributed by atoms with Crippen molar-refractivity contribution in [2.75, 3.05) is 11.9 Å². The van der Waals surface area contributed by atoms with Gasteiger partial charge < -0.3 is 10.6 Å². The summed E-state index contributed by atoms with van der Waals surface area (Å²) in [4.78, 5) is 12.0. The molecule has 3 heteroatoms. The Kier molecular flexibility index (Phi) is 4.74. The molecule has 1 aliphatic rings. The number of anilines is 1. The van der Waals surface area contributed by atoms with Crippen LogP contribution in [0.5, 0.6) is 0 Å². The summed E-state index contributed by atoms with van der Waals surface area (Å²) in [6.07, 6.45) is 4.79. The molecule has 0 saturated heterocycles. The maximum atomic E-state index is 12.0. The van der Waals surface area contributed by atoms with E-state index in [4.69, 9.17) is 0 Å². The standard InChI is InChI=1S/C19H22N2O/c22-19(21-13-15-7-2-1-3-8-15)14-20-18-12-6-10-16-9-4-5-11-17(16)18/h1-3,6-8,10,12,20H,4-5,9,11,13-14H2,(H,21,22). The Bertz CT molecular complexity index is 637. The van der Waals surface area contributed by atoms with E-state index in [0.29, 0.717) is 13.1 Å². The first-order valence-electron chi connectivity index (χ1n) is 7.98. The predicted octanol–water partition coefficient (Wildman–Crippen LogP) is 3.29. The third-order valence-corrected chi connectivity index (χ3v) is 4.17. The van der Waals surface area contributed by atoms with E-state index >= 15 is 0 Å². The molecule has 0 spiro atoms. The summed E-state index contributed by atoms with van der Waals surface area (Å²) in [7, 11) is 0. The van der Waals surface area contributed by atoms with Crippen LogP contribution < -0.4 is 10.6 Å². The van der Waals surface area contributed by atoms with Crippen molar-refractivity contribution >= 4 is 11.6 Å². The molecule has 0 atom stereocenters. The molecule has 22 heavy (non-hydrogen) atoms. The van der Waals surface area contributed by atoms with E-state index in [1.165, 1.54) is 24.0 Å². The molecule has 3 rings (SSSR count). The second-order valence-corrected chi connectivity index (χ2v) is 5.77. The molecule has 0 fully saturated rings. The highest BCUT2D eigenvalue weighted by molar-refractivity contribution is 5.81. The fraction of sp³-hybridized carbons (Fsp3) is 0.316. The lowest BCUT2D eigenvalue weighted by atomic mass is 9.90. The van der Waals surface area contributed by atoms with Crippen molar-refractivity contribution in [1.29, 1.82) is 0 Å². The maximum absolute atomic E-state index is 12.0. The molecule has 0 aromatic heterocycles. The average molecular weight is 294 g/mol. The van der Waals surface area contributed by atoms with Crippen molar-refractivity contribution in [2.45, 2.75) is 32.2 Å². The first-order chi connectivity index (χ1) is 10.8. The van der Waals surface area contributed by atoms with Crippen LogP contribution in [0.25, 0.3) is 0 Å². The molecule has 0 heterocycles. The molecule has 2 aromatic carbocycles. The van der Waals surface area contributed by atoms with Gasteiger partial charge in [-0.1, -0.05) is 42.5 Å². The third-order valence-electron chi connectivity index (χ3n) is 4.17. The Morgan fingerprint density at radius 2 is 1.77 bits per heavy atom. The smallest absolute Gasteiger partial charge is 0.239 e. The quantitative estimate of drug-likeness (QED) is 0.888. The number of nitrogens with one attached hydrogen (secondary N) is 2. The van der Waals surface area contributed by atoms with Gasteiger partial charge in [-0.3, -0.25) is 4.79 Å². The van der Waals surface area contributed by atoms with Crippen LogP contribution in [-0.2, 0) is 24.2 Å². The number of carbonyl (C=O) groups is 1. The van der Waals surface area contributed by atoms with Gasteiger partial charge in [-0.25, -0.2) is 0 Å². The Morgan fingerprint density at radius 1 is 0.955 bits per heavy atom. The van der Waals surface area contributed by atoms with Crippen LogP contribution in [0.1, 0.15) is 29.5 Å². The molecular formula is C19H22N2O. The van der Waals surface area contributed by atoms with Crippen LogP contribution in [0.2, 0.25) is 0 Å². The zero-order chi connectivity index (χ0) is 15.2. The van der Waals surface area contributed by atoms with Crippen molar-refractivity contribution in [3.8, 4) is 0 Å². The fourth-order valence-corrected chi connectivity index (χ4v) is 2.98. The molecule has 0 saturated carbocycles. The van der Waals surface area contributed by atoms with Crippen LogP contribution in [0.3, 0.4) is 0 Å². The van der Waals surface area contributed by atoms with Gasteiger partial charge in [0.05, 0.1) is 6.54 Å². The summed E-state index contributed by atoms with van der Waals surface area (Å²) in [6.45, 7) is 0.900. The molecule has 0 unspecified atom stereocenters. The van der Waals surface area contributed by atoms with Gasteiger partial charge in [0.2, 0.25) is 5.91 Å². The van der Waals surface area contributed by atoms with E-state index in [1.54, 1.807) is 0 Å².